The van der Waals surface area contributed by atoms with E-state index in [-0.39, 0.29) is 10.6 Å². The van der Waals surface area contributed by atoms with Crippen LogP contribution in [0.15, 0.2) is 48.5 Å². The zero-order valence-electron chi connectivity index (χ0n) is 14.3. The molecule has 6 heteroatoms. The van der Waals surface area contributed by atoms with Gasteiger partial charge in [0.05, 0.1) is 10.5 Å². The number of nitro benzene ring substituents is 1. The van der Waals surface area contributed by atoms with Gasteiger partial charge in [0, 0.05) is 43.5 Å². The fraction of sp³-hybridized carbons (Fsp3) is 0.368. The highest BCUT2D eigenvalue weighted by Crippen LogP contribution is 2.36. The zero-order chi connectivity index (χ0) is 17.6. The predicted molar refractivity (Wildman–Crippen MR) is 101 cm³/mol. The molecule has 1 fully saturated rings. The molecule has 0 spiro atoms. The van der Waals surface area contributed by atoms with Crippen molar-refractivity contribution in [2.24, 2.45) is 5.73 Å². The van der Waals surface area contributed by atoms with E-state index in [1.54, 1.807) is 12.1 Å². The van der Waals surface area contributed by atoms with E-state index >= 15 is 0 Å². The summed E-state index contributed by atoms with van der Waals surface area (Å²) >= 11 is 0. The van der Waals surface area contributed by atoms with E-state index in [1.807, 2.05) is 30.3 Å². The lowest BCUT2D eigenvalue weighted by atomic mass is 10.0. The van der Waals surface area contributed by atoms with Crippen LogP contribution in [0.2, 0.25) is 0 Å². The summed E-state index contributed by atoms with van der Waals surface area (Å²) in [5, 5.41) is 11.4. The number of nitro groups is 1. The van der Waals surface area contributed by atoms with E-state index in [0.717, 1.165) is 56.9 Å². The van der Waals surface area contributed by atoms with Crippen molar-refractivity contribution in [2.45, 2.75) is 6.42 Å². The van der Waals surface area contributed by atoms with Crippen molar-refractivity contribution in [2.75, 3.05) is 44.2 Å². The van der Waals surface area contributed by atoms with E-state index in [1.165, 1.54) is 0 Å². The molecule has 1 aliphatic rings. The number of nitrogens with zero attached hydrogens (tertiary/aromatic N) is 3. The Morgan fingerprint density at radius 2 is 1.60 bits per heavy atom. The third-order valence-corrected chi connectivity index (χ3v) is 4.69. The van der Waals surface area contributed by atoms with Crippen LogP contribution in [0.5, 0.6) is 0 Å². The second kappa shape index (κ2) is 8.09. The summed E-state index contributed by atoms with van der Waals surface area (Å²) in [6.45, 7) is 5.58. The monoisotopic (exact) mass is 340 g/mol. The third kappa shape index (κ3) is 3.97. The normalized spacial score (nSPS) is 15.3. The van der Waals surface area contributed by atoms with Crippen molar-refractivity contribution in [1.29, 1.82) is 0 Å². The summed E-state index contributed by atoms with van der Waals surface area (Å²) in [5.41, 5.74) is 8.41. The first kappa shape index (κ1) is 17.4. The Bertz CT molecular complexity index is 727. The topological polar surface area (TPSA) is 75.6 Å². The average molecular weight is 340 g/mol. The van der Waals surface area contributed by atoms with Crippen LogP contribution in [-0.2, 0) is 0 Å². The SMILES string of the molecule is NCCCN1CCN(c2ccccc2-c2ccccc2[N+](=O)[O-])CC1. The lowest BCUT2D eigenvalue weighted by molar-refractivity contribution is -0.384. The van der Waals surface area contributed by atoms with Gasteiger partial charge in [-0.2, -0.15) is 0 Å². The molecule has 0 amide bonds. The van der Waals surface area contributed by atoms with Gasteiger partial charge in [0.25, 0.3) is 5.69 Å². The minimum Gasteiger partial charge on any atom is -0.368 e. The van der Waals surface area contributed by atoms with Crippen LogP contribution in [0.4, 0.5) is 11.4 Å². The average Bonchev–Trinajstić information content (AvgIpc) is 2.67. The van der Waals surface area contributed by atoms with Crippen LogP contribution in [0, 0.1) is 10.1 Å². The van der Waals surface area contributed by atoms with Crippen LogP contribution < -0.4 is 10.6 Å². The number of anilines is 1. The highest BCUT2D eigenvalue weighted by molar-refractivity contribution is 5.84. The molecule has 1 aliphatic heterocycles. The number of hydrogen-bond acceptors (Lipinski definition) is 5. The Hall–Kier alpha value is -2.44. The van der Waals surface area contributed by atoms with Gasteiger partial charge in [-0.15, -0.1) is 0 Å². The first-order valence-electron chi connectivity index (χ1n) is 8.71. The van der Waals surface area contributed by atoms with Gasteiger partial charge in [-0.05, 0) is 31.6 Å². The predicted octanol–water partition coefficient (Wildman–Crippen LogP) is 2.73. The Kier molecular flexibility index (Phi) is 5.63. The molecule has 0 atom stereocenters. The summed E-state index contributed by atoms with van der Waals surface area (Å²) in [6, 6.07) is 14.9. The molecule has 0 unspecified atom stereocenters. The fourth-order valence-corrected chi connectivity index (χ4v) is 3.37. The minimum atomic E-state index is -0.309. The Morgan fingerprint density at radius 1 is 0.960 bits per heavy atom. The molecule has 0 radical (unpaired) electrons. The Balaban J connectivity index is 1.85. The second-order valence-electron chi connectivity index (χ2n) is 6.26. The van der Waals surface area contributed by atoms with Gasteiger partial charge < -0.3 is 10.6 Å². The second-order valence-corrected chi connectivity index (χ2v) is 6.26. The lowest BCUT2D eigenvalue weighted by Gasteiger charge is -2.37. The van der Waals surface area contributed by atoms with Crippen LogP contribution in [-0.4, -0.2) is 49.1 Å². The molecule has 1 saturated heterocycles. The Labute approximate surface area is 148 Å². The molecule has 0 aliphatic carbocycles. The molecule has 3 rings (SSSR count). The van der Waals surface area contributed by atoms with Gasteiger partial charge in [-0.25, -0.2) is 0 Å². The zero-order valence-corrected chi connectivity index (χ0v) is 14.3. The molecule has 2 aromatic carbocycles. The number of rotatable bonds is 6. The van der Waals surface area contributed by atoms with E-state index in [4.69, 9.17) is 5.73 Å². The quantitative estimate of drug-likeness (QED) is 0.646. The molecular formula is C19H24N4O2. The maximum atomic E-state index is 11.4. The van der Waals surface area contributed by atoms with E-state index in [0.29, 0.717) is 5.56 Å². The summed E-state index contributed by atoms with van der Waals surface area (Å²) in [6.07, 6.45) is 1.02. The van der Waals surface area contributed by atoms with Gasteiger partial charge in [0.15, 0.2) is 0 Å². The fourth-order valence-electron chi connectivity index (χ4n) is 3.37. The minimum absolute atomic E-state index is 0.150. The van der Waals surface area contributed by atoms with E-state index < -0.39 is 0 Å². The highest BCUT2D eigenvalue weighted by atomic mass is 16.6. The van der Waals surface area contributed by atoms with E-state index in [2.05, 4.69) is 15.9 Å². The van der Waals surface area contributed by atoms with Crippen LogP contribution in [0.1, 0.15) is 6.42 Å². The van der Waals surface area contributed by atoms with Gasteiger partial charge in [0.1, 0.15) is 0 Å². The summed E-state index contributed by atoms with van der Waals surface area (Å²) in [7, 11) is 0. The van der Waals surface area contributed by atoms with E-state index in [9.17, 15) is 10.1 Å². The van der Waals surface area contributed by atoms with Gasteiger partial charge in [-0.1, -0.05) is 30.3 Å². The summed E-state index contributed by atoms with van der Waals surface area (Å²) < 4.78 is 0. The van der Waals surface area contributed by atoms with Gasteiger partial charge >= 0.3 is 0 Å². The van der Waals surface area contributed by atoms with Crippen LogP contribution in [0.3, 0.4) is 0 Å². The van der Waals surface area contributed by atoms with Crippen molar-refractivity contribution in [1.82, 2.24) is 4.90 Å². The van der Waals surface area contributed by atoms with Crippen LogP contribution >= 0.6 is 0 Å². The molecule has 6 nitrogen and oxygen atoms in total. The van der Waals surface area contributed by atoms with Crippen molar-refractivity contribution >= 4 is 11.4 Å². The molecule has 0 aromatic heterocycles. The van der Waals surface area contributed by atoms with Crippen molar-refractivity contribution < 1.29 is 4.92 Å². The molecule has 2 aromatic rings. The smallest absolute Gasteiger partial charge is 0.277 e. The largest absolute Gasteiger partial charge is 0.368 e. The summed E-state index contributed by atoms with van der Waals surface area (Å²) in [4.78, 5) is 15.8. The summed E-state index contributed by atoms with van der Waals surface area (Å²) in [5.74, 6) is 0. The van der Waals surface area contributed by atoms with Crippen molar-refractivity contribution in [3.8, 4) is 11.1 Å². The van der Waals surface area contributed by atoms with Crippen LogP contribution in [0.25, 0.3) is 11.1 Å². The third-order valence-electron chi connectivity index (χ3n) is 4.69. The van der Waals surface area contributed by atoms with Crippen molar-refractivity contribution in [3.63, 3.8) is 0 Å². The molecule has 2 N–H and O–H groups in total. The molecule has 132 valence electrons. The maximum absolute atomic E-state index is 11.4. The molecular weight excluding hydrogens is 316 g/mol. The molecule has 0 bridgehead atoms. The number of hydrogen-bond donors (Lipinski definition) is 1. The number of para-hydroxylation sites is 2. The van der Waals surface area contributed by atoms with Gasteiger partial charge in [0.2, 0.25) is 0 Å². The van der Waals surface area contributed by atoms with Gasteiger partial charge in [-0.3, -0.25) is 15.0 Å². The number of nitrogens with two attached hydrogens (primary N) is 1. The molecule has 0 saturated carbocycles. The maximum Gasteiger partial charge on any atom is 0.277 e. The van der Waals surface area contributed by atoms with Crippen molar-refractivity contribution in [3.05, 3.63) is 58.6 Å². The lowest BCUT2D eigenvalue weighted by Crippen LogP contribution is -2.47. The first-order chi connectivity index (χ1) is 12.2. The molecule has 25 heavy (non-hydrogen) atoms. The number of benzene rings is 2. The Morgan fingerprint density at radius 3 is 2.28 bits per heavy atom. The number of piperazine rings is 1. The first-order valence-corrected chi connectivity index (χ1v) is 8.71. The molecule has 1 heterocycles. The highest BCUT2D eigenvalue weighted by Gasteiger charge is 2.22. The standard InChI is InChI=1S/C19H24N4O2/c20-10-5-11-21-12-14-22(15-13-21)18-8-3-1-6-16(18)17-7-2-4-9-19(17)23(24)25/h1-4,6-9H,5,10-15,20H2.